The molecule has 1 N–H and O–H groups in total. The van der Waals surface area contributed by atoms with Crippen molar-refractivity contribution in [2.45, 2.75) is 54.3 Å². The van der Waals surface area contributed by atoms with Crippen molar-refractivity contribution < 1.29 is 5.11 Å². The summed E-state index contributed by atoms with van der Waals surface area (Å²) >= 11 is 5.07. The predicted octanol–water partition coefficient (Wildman–Crippen LogP) is 3.90. The molecule has 0 spiro atoms. The first kappa shape index (κ1) is 13.8. The van der Waals surface area contributed by atoms with E-state index in [4.69, 9.17) is 0 Å². The summed E-state index contributed by atoms with van der Waals surface area (Å²) in [6.45, 7) is 0.0365. The third-order valence-corrected chi connectivity index (χ3v) is 5.51. The summed E-state index contributed by atoms with van der Waals surface area (Å²) in [7, 11) is 0. The normalized spacial score (nSPS) is 18.2. The zero-order valence-electron chi connectivity index (χ0n) is 11.5. The first-order chi connectivity index (χ1) is 10.3. The van der Waals surface area contributed by atoms with E-state index in [1.807, 2.05) is 18.2 Å². The molecule has 0 aliphatic heterocycles. The van der Waals surface area contributed by atoms with Gasteiger partial charge >= 0.3 is 0 Å². The first-order valence-corrected chi connectivity index (χ1v) is 8.89. The molecule has 4 rings (SSSR count). The number of rotatable bonds is 5. The molecule has 2 fully saturated rings. The molecule has 0 bridgehead atoms. The molecular formula is C15H16BrN3OS. The van der Waals surface area contributed by atoms with E-state index < -0.39 is 0 Å². The van der Waals surface area contributed by atoms with Crippen molar-refractivity contribution in [3.05, 3.63) is 34.1 Å². The molecule has 1 heterocycles. The Morgan fingerprint density at radius 3 is 2.71 bits per heavy atom. The van der Waals surface area contributed by atoms with Gasteiger partial charge in [-0.25, -0.2) is 0 Å². The second-order valence-corrected chi connectivity index (χ2v) is 7.65. The molecule has 2 aliphatic rings. The average molecular weight is 366 g/mol. The highest BCUT2D eigenvalue weighted by atomic mass is 79.9. The molecule has 2 aliphatic carbocycles. The molecule has 0 amide bonds. The van der Waals surface area contributed by atoms with Crippen LogP contribution in [0.2, 0.25) is 0 Å². The summed E-state index contributed by atoms with van der Waals surface area (Å²) in [5, 5.41) is 19.4. The summed E-state index contributed by atoms with van der Waals surface area (Å²) in [5.41, 5.74) is 0.924. The van der Waals surface area contributed by atoms with E-state index in [2.05, 4.69) is 30.7 Å². The molecule has 6 heteroatoms. The standard InChI is InChI=1S/C15H16BrN3OS/c16-11-3-6-13(10(7-11)8-20)21-15-18-17-14(9-1-2-9)19(15)12-4-5-12/h3,6-7,9,12,20H,1-2,4-5,8H2. The fraction of sp³-hybridized carbons (Fsp3) is 0.467. The summed E-state index contributed by atoms with van der Waals surface area (Å²) in [6, 6.07) is 6.58. The van der Waals surface area contributed by atoms with Crippen LogP contribution in [-0.4, -0.2) is 19.9 Å². The third kappa shape index (κ3) is 2.76. The fourth-order valence-electron chi connectivity index (χ4n) is 2.52. The van der Waals surface area contributed by atoms with Crippen LogP contribution in [0.1, 0.15) is 49.0 Å². The molecule has 110 valence electrons. The van der Waals surface area contributed by atoms with E-state index in [1.165, 1.54) is 31.5 Å². The molecular weight excluding hydrogens is 350 g/mol. The number of aliphatic hydroxyl groups excluding tert-OH is 1. The molecule has 0 radical (unpaired) electrons. The lowest BCUT2D eigenvalue weighted by atomic mass is 10.2. The van der Waals surface area contributed by atoms with E-state index in [0.29, 0.717) is 12.0 Å². The highest BCUT2D eigenvalue weighted by Gasteiger charge is 2.36. The monoisotopic (exact) mass is 365 g/mol. The molecule has 21 heavy (non-hydrogen) atoms. The quantitative estimate of drug-likeness (QED) is 0.872. The Balaban J connectivity index is 1.68. The molecule has 2 aromatic rings. The van der Waals surface area contributed by atoms with E-state index in [1.54, 1.807) is 11.8 Å². The number of halogens is 1. The zero-order valence-corrected chi connectivity index (χ0v) is 13.9. The van der Waals surface area contributed by atoms with Gasteiger partial charge in [-0.2, -0.15) is 0 Å². The van der Waals surface area contributed by atoms with Crippen LogP contribution in [0.25, 0.3) is 0 Å². The number of aliphatic hydroxyl groups is 1. The maximum Gasteiger partial charge on any atom is 0.196 e. The smallest absolute Gasteiger partial charge is 0.196 e. The van der Waals surface area contributed by atoms with Crippen LogP contribution in [0.4, 0.5) is 0 Å². The highest BCUT2D eigenvalue weighted by molar-refractivity contribution is 9.10. The van der Waals surface area contributed by atoms with Crippen LogP contribution in [0.5, 0.6) is 0 Å². The lowest BCUT2D eigenvalue weighted by molar-refractivity contribution is 0.279. The Morgan fingerprint density at radius 2 is 2.05 bits per heavy atom. The number of hydrogen-bond acceptors (Lipinski definition) is 4. The van der Waals surface area contributed by atoms with Crippen molar-refractivity contribution in [3.8, 4) is 0 Å². The van der Waals surface area contributed by atoms with E-state index >= 15 is 0 Å². The Labute approximate surface area is 136 Å². The van der Waals surface area contributed by atoms with Gasteiger partial charge in [0, 0.05) is 21.3 Å². The van der Waals surface area contributed by atoms with Gasteiger partial charge in [0.1, 0.15) is 5.82 Å². The molecule has 0 saturated heterocycles. The molecule has 4 nitrogen and oxygen atoms in total. The minimum absolute atomic E-state index is 0.0365. The molecule has 0 atom stereocenters. The maximum absolute atomic E-state index is 9.54. The zero-order chi connectivity index (χ0) is 14.4. The van der Waals surface area contributed by atoms with Crippen molar-refractivity contribution in [1.82, 2.24) is 14.8 Å². The predicted molar refractivity (Wildman–Crippen MR) is 84.5 cm³/mol. The lowest BCUT2D eigenvalue weighted by Crippen LogP contribution is -2.02. The van der Waals surface area contributed by atoms with Gasteiger partial charge in [-0.05, 0) is 61.2 Å². The Bertz CT molecular complexity index is 680. The van der Waals surface area contributed by atoms with Crippen molar-refractivity contribution >= 4 is 27.7 Å². The van der Waals surface area contributed by atoms with Gasteiger partial charge in [0.15, 0.2) is 5.16 Å². The number of benzene rings is 1. The summed E-state index contributed by atoms with van der Waals surface area (Å²) in [6.07, 6.45) is 4.96. The van der Waals surface area contributed by atoms with Crippen LogP contribution in [0.3, 0.4) is 0 Å². The van der Waals surface area contributed by atoms with Gasteiger partial charge in [0.05, 0.1) is 6.61 Å². The van der Waals surface area contributed by atoms with Crippen molar-refractivity contribution in [1.29, 1.82) is 0 Å². The second kappa shape index (κ2) is 5.41. The summed E-state index contributed by atoms with van der Waals surface area (Å²) in [5.74, 6) is 1.79. The van der Waals surface area contributed by atoms with E-state index in [-0.39, 0.29) is 6.61 Å². The Kier molecular flexibility index (Phi) is 3.55. The van der Waals surface area contributed by atoms with Crippen molar-refractivity contribution in [2.24, 2.45) is 0 Å². The molecule has 1 aromatic heterocycles. The minimum atomic E-state index is 0.0365. The fourth-order valence-corrected chi connectivity index (χ4v) is 3.94. The first-order valence-electron chi connectivity index (χ1n) is 7.28. The van der Waals surface area contributed by atoms with Gasteiger partial charge in [0.25, 0.3) is 0 Å². The Hall–Kier alpha value is -0.850. The highest BCUT2D eigenvalue weighted by Crippen LogP contribution is 2.47. The van der Waals surface area contributed by atoms with Crippen LogP contribution in [0, 0.1) is 0 Å². The number of aromatic nitrogens is 3. The number of nitrogens with zero attached hydrogens (tertiary/aromatic N) is 3. The minimum Gasteiger partial charge on any atom is -0.392 e. The lowest BCUT2D eigenvalue weighted by Gasteiger charge is -2.10. The van der Waals surface area contributed by atoms with Crippen LogP contribution >= 0.6 is 27.7 Å². The van der Waals surface area contributed by atoms with Crippen LogP contribution in [0.15, 0.2) is 32.7 Å². The topological polar surface area (TPSA) is 50.9 Å². The third-order valence-electron chi connectivity index (χ3n) is 3.94. The molecule has 2 saturated carbocycles. The van der Waals surface area contributed by atoms with Crippen LogP contribution < -0.4 is 0 Å². The Morgan fingerprint density at radius 1 is 1.24 bits per heavy atom. The van der Waals surface area contributed by atoms with E-state index in [9.17, 15) is 5.11 Å². The molecule has 1 aromatic carbocycles. The van der Waals surface area contributed by atoms with Crippen molar-refractivity contribution in [3.63, 3.8) is 0 Å². The maximum atomic E-state index is 9.54. The molecule has 0 unspecified atom stereocenters. The van der Waals surface area contributed by atoms with Gasteiger partial charge < -0.3 is 9.67 Å². The largest absolute Gasteiger partial charge is 0.392 e. The SMILES string of the molecule is OCc1cc(Br)ccc1Sc1nnc(C2CC2)n1C1CC1. The van der Waals surface area contributed by atoms with Gasteiger partial charge in [-0.15, -0.1) is 10.2 Å². The van der Waals surface area contributed by atoms with Gasteiger partial charge in [-0.1, -0.05) is 15.9 Å². The van der Waals surface area contributed by atoms with E-state index in [0.717, 1.165) is 20.1 Å². The summed E-state index contributed by atoms with van der Waals surface area (Å²) < 4.78 is 3.32. The van der Waals surface area contributed by atoms with Gasteiger partial charge in [0.2, 0.25) is 0 Å². The summed E-state index contributed by atoms with van der Waals surface area (Å²) in [4.78, 5) is 1.05. The van der Waals surface area contributed by atoms with Crippen LogP contribution in [-0.2, 0) is 6.61 Å². The van der Waals surface area contributed by atoms with Gasteiger partial charge in [-0.3, -0.25) is 0 Å². The second-order valence-electron chi connectivity index (χ2n) is 5.73. The van der Waals surface area contributed by atoms with Crippen molar-refractivity contribution in [2.75, 3.05) is 0 Å². The average Bonchev–Trinajstić information content (AvgIpc) is 3.40. The number of hydrogen-bond donors (Lipinski definition) is 1.